The largest absolute Gasteiger partial charge is 0.470 e. The van der Waals surface area contributed by atoms with E-state index in [1.807, 2.05) is 30.5 Å². The summed E-state index contributed by atoms with van der Waals surface area (Å²) in [5, 5.41) is 0. The van der Waals surface area contributed by atoms with Crippen LogP contribution >= 0.6 is 22.6 Å². The molecule has 0 aliphatic carbocycles. The molecule has 0 aliphatic heterocycles. The van der Waals surface area contributed by atoms with Crippen LogP contribution < -0.4 is 4.74 Å². The summed E-state index contributed by atoms with van der Waals surface area (Å²) in [6.45, 7) is 0.528. The van der Waals surface area contributed by atoms with Gasteiger partial charge in [-0.1, -0.05) is 0 Å². The Kier molecular flexibility index (Phi) is 3.03. The standard InChI is InChI=1S/C10H9IN2O/c11-9-4-2-6-13-10(9)14-7-8-3-1-5-12-8/h1-6,12H,7H2. The second-order valence-corrected chi connectivity index (χ2v) is 3.94. The van der Waals surface area contributed by atoms with Gasteiger partial charge in [0.2, 0.25) is 5.88 Å². The van der Waals surface area contributed by atoms with Crippen molar-refractivity contribution in [3.8, 4) is 5.88 Å². The van der Waals surface area contributed by atoms with E-state index in [1.165, 1.54) is 0 Å². The third kappa shape index (κ3) is 2.25. The van der Waals surface area contributed by atoms with Gasteiger partial charge in [-0.3, -0.25) is 0 Å². The molecular formula is C10H9IN2O. The number of ether oxygens (including phenoxy) is 1. The zero-order valence-corrected chi connectivity index (χ0v) is 9.56. The van der Waals surface area contributed by atoms with Crippen molar-refractivity contribution >= 4 is 22.6 Å². The Morgan fingerprint density at radius 3 is 3.00 bits per heavy atom. The van der Waals surface area contributed by atoms with Crippen molar-refractivity contribution in [1.29, 1.82) is 0 Å². The Balaban J connectivity index is 2.02. The number of hydrogen-bond acceptors (Lipinski definition) is 2. The molecule has 0 unspecified atom stereocenters. The van der Waals surface area contributed by atoms with E-state index in [0.717, 1.165) is 9.26 Å². The molecule has 0 fully saturated rings. The molecule has 2 aromatic heterocycles. The molecule has 0 radical (unpaired) electrons. The van der Waals surface area contributed by atoms with Crippen LogP contribution in [0.4, 0.5) is 0 Å². The van der Waals surface area contributed by atoms with Gasteiger partial charge in [0.15, 0.2) is 0 Å². The third-order valence-corrected chi connectivity index (χ3v) is 2.57. The highest BCUT2D eigenvalue weighted by atomic mass is 127. The van der Waals surface area contributed by atoms with E-state index in [4.69, 9.17) is 4.74 Å². The van der Waals surface area contributed by atoms with E-state index >= 15 is 0 Å². The van der Waals surface area contributed by atoms with E-state index < -0.39 is 0 Å². The lowest BCUT2D eigenvalue weighted by molar-refractivity contribution is 0.287. The fraction of sp³-hybridized carbons (Fsp3) is 0.100. The molecule has 0 atom stereocenters. The quantitative estimate of drug-likeness (QED) is 0.885. The molecule has 14 heavy (non-hydrogen) atoms. The molecule has 1 N–H and O–H groups in total. The van der Waals surface area contributed by atoms with Gasteiger partial charge in [-0.05, 0) is 46.9 Å². The number of aromatic amines is 1. The van der Waals surface area contributed by atoms with Gasteiger partial charge >= 0.3 is 0 Å². The van der Waals surface area contributed by atoms with Gasteiger partial charge < -0.3 is 9.72 Å². The van der Waals surface area contributed by atoms with Crippen molar-refractivity contribution in [2.24, 2.45) is 0 Å². The second kappa shape index (κ2) is 4.45. The zero-order valence-electron chi connectivity index (χ0n) is 7.40. The van der Waals surface area contributed by atoms with Crippen LogP contribution in [0.15, 0.2) is 36.7 Å². The second-order valence-electron chi connectivity index (χ2n) is 2.77. The number of pyridine rings is 1. The number of aromatic nitrogens is 2. The van der Waals surface area contributed by atoms with Gasteiger partial charge in [-0.15, -0.1) is 0 Å². The molecular weight excluding hydrogens is 291 g/mol. The molecule has 72 valence electrons. The predicted molar refractivity (Wildman–Crippen MR) is 62.1 cm³/mol. The van der Waals surface area contributed by atoms with Gasteiger partial charge in [-0.25, -0.2) is 4.98 Å². The van der Waals surface area contributed by atoms with E-state index in [9.17, 15) is 0 Å². The van der Waals surface area contributed by atoms with Crippen molar-refractivity contribution in [2.45, 2.75) is 6.61 Å². The number of nitrogens with zero attached hydrogens (tertiary/aromatic N) is 1. The summed E-state index contributed by atoms with van der Waals surface area (Å²) in [5.74, 6) is 0.683. The highest BCUT2D eigenvalue weighted by molar-refractivity contribution is 14.1. The Bertz CT molecular complexity index is 400. The van der Waals surface area contributed by atoms with Crippen molar-refractivity contribution in [1.82, 2.24) is 9.97 Å². The molecule has 0 saturated heterocycles. The van der Waals surface area contributed by atoms with Crippen molar-refractivity contribution < 1.29 is 4.74 Å². The summed E-state index contributed by atoms with van der Waals surface area (Å²) in [4.78, 5) is 7.21. The van der Waals surface area contributed by atoms with Crippen LogP contribution in [-0.4, -0.2) is 9.97 Å². The minimum absolute atomic E-state index is 0.528. The van der Waals surface area contributed by atoms with Gasteiger partial charge in [0.25, 0.3) is 0 Å². The molecule has 0 saturated carbocycles. The molecule has 0 spiro atoms. The first kappa shape index (κ1) is 9.51. The highest BCUT2D eigenvalue weighted by Crippen LogP contribution is 2.17. The van der Waals surface area contributed by atoms with E-state index in [-0.39, 0.29) is 0 Å². The molecule has 0 bridgehead atoms. The lowest BCUT2D eigenvalue weighted by atomic mass is 10.4. The molecule has 0 aliphatic rings. The van der Waals surface area contributed by atoms with Gasteiger partial charge in [0, 0.05) is 12.4 Å². The molecule has 0 aromatic carbocycles. The first-order chi connectivity index (χ1) is 6.86. The van der Waals surface area contributed by atoms with Crippen LogP contribution in [0.2, 0.25) is 0 Å². The Hall–Kier alpha value is -1.04. The minimum atomic E-state index is 0.528. The Morgan fingerprint density at radius 2 is 2.29 bits per heavy atom. The summed E-state index contributed by atoms with van der Waals surface area (Å²) in [6.07, 6.45) is 3.61. The average Bonchev–Trinajstić information content (AvgIpc) is 2.69. The van der Waals surface area contributed by atoms with Crippen molar-refractivity contribution in [3.63, 3.8) is 0 Å². The number of hydrogen-bond donors (Lipinski definition) is 1. The first-order valence-electron chi connectivity index (χ1n) is 4.22. The first-order valence-corrected chi connectivity index (χ1v) is 5.30. The average molecular weight is 300 g/mol. The van der Waals surface area contributed by atoms with E-state index in [2.05, 4.69) is 32.6 Å². The lowest BCUT2D eigenvalue weighted by Gasteiger charge is -2.04. The Morgan fingerprint density at radius 1 is 1.36 bits per heavy atom. The maximum Gasteiger partial charge on any atom is 0.227 e. The number of H-pyrrole nitrogens is 1. The smallest absolute Gasteiger partial charge is 0.227 e. The lowest BCUT2D eigenvalue weighted by Crippen LogP contribution is -1.98. The van der Waals surface area contributed by atoms with Gasteiger partial charge in [0.05, 0.1) is 9.26 Å². The molecule has 0 amide bonds. The van der Waals surface area contributed by atoms with Crippen molar-refractivity contribution in [2.75, 3.05) is 0 Å². The Labute approximate surface area is 95.7 Å². The summed E-state index contributed by atoms with van der Waals surface area (Å²) in [7, 11) is 0. The third-order valence-electron chi connectivity index (χ3n) is 1.75. The normalized spacial score (nSPS) is 10.1. The number of nitrogens with one attached hydrogen (secondary N) is 1. The summed E-state index contributed by atoms with van der Waals surface area (Å²) < 4.78 is 6.56. The van der Waals surface area contributed by atoms with E-state index in [1.54, 1.807) is 6.20 Å². The fourth-order valence-electron chi connectivity index (χ4n) is 1.08. The number of rotatable bonds is 3. The molecule has 2 rings (SSSR count). The zero-order chi connectivity index (χ0) is 9.80. The molecule has 2 aromatic rings. The van der Waals surface area contributed by atoms with Crippen LogP contribution in [0.25, 0.3) is 0 Å². The molecule has 3 nitrogen and oxygen atoms in total. The molecule has 2 heterocycles. The summed E-state index contributed by atoms with van der Waals surface area (Å²) in [5.41, 5.74) is 1.05. The highest BCUT2D eigenvalue weighted by Gasteiger charge is 2.01. The van der Waals surface area contributed by atoms with Crippen LogP contribution in [0, 0.1) is 3.57 Å². The maximum absolute atomic E-state index is 5.53. The fourth-order valence-corrected chi connectivity index (χ4v) is 1.58. The molecule has 4 heteroatoms. The van der Waals surface area contributed by atoms with Crippen LogP contribution in [0.5, 0.6) is 5.88 Å². The summed E-state index contributed by atoms with van der Waals surface area (Å²) >= 11 is 2.20. The van der Waals surface area contributed by atoms with E-state index in [0.29, 0.717) is 12.5 Å². The summed E-state index contributed by atoms with van der Waals surface area (Å²) in [6, 6.07) is 7.79. The van der Waals surface area contributed by atoms with Crippen LogP contribution in [0.3, 0.4) is 0 Å². The van der Waals surface area contributed by atoms with Gasteiger partial charge in [0.1, 0.15) is 6.61 Å². The van der Waals surface area contributed by atoms with Crippen LogP contribution in [-0.2, 0) is 6.61 Å². The van der Waals surface area contributed by atoms with Crippen LogP contribution in [0.1, 0.15) is 5.69 Å². The maximum atomic E-state index is 5.53. The van der Waals surface area contributed by atoms with Gasteiger partial charge in [-0.2, -0.15) is 0 Å². The predicted octanol–water partition coefficient (Wildman–Crippen LogP) is 2.59. The topological polar surface area (TPSA) is 37.9 Å². The number of halogens is 1. The van der Waals surface area contributed by atoms with Crippen molar-refractivity contribution in [3.05, 3.63) is 45.9 Å². The SMILES string of the molecule is Ic1cccnc1OCc1ccc[nH]1. The minimum Gasteiger partial charge on any atom is -0.470 e. The monoisotopic (exact) mass is 300 g/mol.